The molecule has 0 aliphatic carbocycles. The molecule has 0 aliphatic heterocycles. The molecule has 6 heteroatoms. The minimum atomic E-state index is -0.277. The molecule has 160 valence electrons. The van der Waals surface area contributed by atoms with Crippen molar-refractivity contribution in [2.45, 2.75) is 6.61 Å². The first-order valence-corrected chi connectivity index (χ1v) is 10.4. The van der Waals surface area contributed by atoms with Crippen molar-refractivity contribution in [2.75, 3.05) is 7.11 Å². The average molecular weight is 445 g/mol. The molecule has 0 atom stereocenters. The van der Waals surface area contributed by atoms with E-state index in [2.05, 4.69) is 10.5 Å². The molecule has 0 unspecified atom stereocenters. The number of methoxy groups -OCH3 is 1. The summed E-state index contributed by atoms with van der Waals surface area (Å²) in [6.07, 6.45) is 1.56. The lowest BCUT2D eigenvalue weighted by atomic mass is 10.1. The van der Waals surface area contributed by atoms with Gasteiger partial charge in [0.15, 0.2) is 11.5 Å². The number of hydrazone groups is 1. The maximum absolute atomic E-state index is 12.4. The van der Waals surface area contributed by atoms with Crippen LogP contribution >= 0.6 is 11.6 Å². The van der Waals surface area contributed by atoms with E-state index in [-0.39, 0.29) is 5.91 Å². The summed E-state index contributed by atoms with van der Waals surface area (Å²) in [5, 5.41) is 6.82. The van der Waals surface area contributed by atoms with Gasteiger partial charge in [0.2, 0.25) is 0 Å². The second-order valence-corrected chi connectivity index (χ2v) is 7.53. The largest absolute Gasteiger partial charge is 0.493 e. The van der Waals surface area contributed by atoms with Crippen LogP contribution in [0.3, 0.4) is 0 Å². The Morgan fingerprint density at radius 3 is 2.59 bits per heavy atom. The average Bonchev–Trinajstić information content (AvgIpc) is 2.82. The highest BCUT2D eigenvalue weighted by Crippen LogP contribution is 2.28. The molecule has 0 fully saturated rings. The molecule has 1 N–H and O–H groups in total. The molecule has 0 radical (unpaired) electrons. The highest BCUT2D eigenvalue weighted by atomic mass is 35.5. The monoisotopic (exact) mass is 444 g/mol. The zero-order valence-electron chi connectivity index (χ0n) is 17.4. The second-order valence-electron chi connectivity index (χ2n) is 7.09. The third-order valence-electron chi connectivity index (χ3n) is 4.86. The van der Waals surface area contributed by atoms with E-state index in [4.69, 9.17) is 21.1 Å². The van der Waals surface area contributed by atoms with Crippen LogP contribution in [0.4, 0.5) is 0 Å². The SMILES string of the molecule is COc1cc(/C=N\NC(=O)c2ccc3ccccc3c2)ccc1OCc1cccc(Cl)c1. The number of amides is 1. The third-order valence-corrected chi connectivity index (χ3v) is 5.10. The topological polar surface area (TPSA) is 59.9 Å². The molecule has 4 aromatic rings. The number of carbonyl (C=O) groups is 1. The van der Waals surface area contributed by atoms with E-state index < -0.39 is 0 Å². The number of carbonyl (C=O) groups excluding carboxylic acids is 1. The molecule has 1 amide bonds. The van der Waals surface area contributed by atoms with Gasteiger partial charge in [-0.1, -0.05) is 54.1 Å². The molecule has 0 bridgehead atoms. The molecule has 4 aromatic carbocycles. The summed E-state index contributed by atoms with van der Waals surface area (Å²) in [6.45, 7) is 0.367. The van der Waals surface area contributed by atoms with Crippen LogP contribution in [0.1, 0.15) is 21.5 Å². The quantitative estimate of drug-likeness (QED) is 0.287. The molecule has 4 rings (SSSR count). The van der Waals surface area contributed by atoms with Crippen LogP contribution < -0.4 is 14.9 Å². The molecular formula is C26H21ClN2O3. The highest BCUT2D eigenvalue weighted by molar-refractivity contribution is 6.30. The minimum Gasteiger partial charge on any atom is -0.493 e. The van der Waals surface area contributed by atoms with Gasteiger partial charge < -0.3 is 9.47 Å². The van der Waals surface area contributed by atoms with Crippen LogP contribution in [0.5, 0.6) is 11.5 Å². The lowest BCUT2D eigenvalue weighted by molar-refractivity contribution is 0.0955. The molecule has 0 heterocycles. The van der Waals surface area contributed by atoms with Crippen molar-refractivity contribution in [1.82, 2.24) is 5.43 Å². The lowest BCUT2D eigenvalue weighted by Crippen LogP contribution is -2.17. The van der Waals surface area contributed by atoms with Gasteiger partial charge in [-0.25, -0.2) is 5.43 Å². The number of nitrogens with one attached hydrogen (secondary N) is 1. The van der Waals surface area contributed by atoms with Gasteiger partial charge in [0.1, 0.15) is 6.61 Å². The number of hydrogen-bond acceptors (Lipinski definition) is 4. The Bertz CT molecular complexity index is 1290. The summed E-state index contributed by atoms with van der Waals surface area (Å²) in [4.78, 5) is 12.4. The number of nitrogens with zero attached hydrogens (tertiary/aromatic N) is 1. The predicted molar refractivity (Wildman–Crippen MR) is 128 cm³/mol. The van der Waals surface area contributed by atoms with Crippen molar-refractivity contribution in [3.63, 3.8) is 0 Å². The smallest absolute Gasteiger partial charge is 0.271 e. The second kappa shape index (κ2) is 9.98. The summed E-state index contributed by atoms with van der Waals surface area (Å²) in [5.74, 6) is 0.891. The first kappa shape index (κ1) is 21.4. The fraction of sp³-hybridized carbons (Fsp3) is 0.0769. The third kappa shape index (κ3) is 5.25. The van der Waals surface area contributed by atoms with E-state index in [1.165, 1.54) is 0 Å². The van der Waals surface area contributed by atoms with E-state index in [0.717, 1.165) is 21.9 Å². The maximum Gasteiger partial charge on any atom is 0.271 e. The van der Waals surface area contributed by atoms with E-state index >= 15 is 0 Å². The number of halogens is 1. The summed E-state index contributed by atoms with van der Waals surface area (Å²) < 4.78 is 11.3. The van der Waals surface area contributed by atoms with Crippen LogP contribution in [0, 0.1) is 0 Å². The summed E-state index contributed by atoms with van der Waals surface area (Å²) >= 11 is 6.02. The van der Waals surface area contributed by atoms with Crippen LogP contribution in [0.2, 0.25) is 5.02 Å². The van der Waals surface area contributed by atoms with Crippen molar-refractivity contribution in [3.05, 3.63) is 107 Å². The van der Waals surface area contributed by atoms with Gasteiger partial charge in [0.05, 0.1) is 13.3 Å². The number of rotatable bonds is 7. The van der Waals surface area contributed by atoms with E-state index in [0.29, 0.717) is 28.7 Å². The van der Waals surface area contributed by atoms with Gasteiger partial charge in [-0.15, -0.1) is 0 Å². The molecule has 0 saturated heterocycles. The van der Waals surface area contributed by atoms with E-state index in [9.17, 15) is 4.79 Å². The van der Waals surface area contributed by atoms with Crippen molar-refractivity contribution < 1.29 is 14.3 Å². The number of fused-ring (bicyclic) bond motifs is 1. The Morgan fingerprint density at radius 2 is 1.78 bits per heavy atom. The fourth-order valence-corrected chi connectivity index (χ4v) is 3.44. The Morgan fingerprint density at radius 1 is 0.938 bits per heavy atom. The maximum atomic E-state index is 12.4. The summed E-state index contributed by atoms with van der Waals surface area (Å²) in [5.41, 5.74) is 4.83. The van der Waals surface area contributed by atoms with Crippen LogP contribution in [0.25, 0.3) is 10.8 Å². The van der Waals surface area contributed by atoms with Crippen LogP contribution in [0.15, 0.2) is 90.0 Å². The Kier molecular flexibility index (Phi) is 6.68. The van der Waals surface area contributed by atoms with Gasteiger partial charge in [0, 0.05) is 10.6 Å². The lowest BCUT2D eigenvalue weighted by Gasteiger charge is -2.11. The molecule has 0 aromatic heterocycles. The first-order chi connectivity index (χ1) is 15.6. The zero-order valence-corrected chi connectivity index (χ0v) is 18.2. The number of benzene rings is 4. The van der Waals surface area contributed by atoms with Gasteiger partial charge in [0.25, 0.3) is 5.91 Å². The summed E-state index contributed by atoms with van der Waals surface area (Å²) in [7, 11) is 1.57. The standard InChI is InChI=1S/C26H21ClN2O3/c1-31-25-14-18(9-12-24(25)32-17-19-5-4-8-23(27)13-19)16-28-29-26(30)22-11-10-20-6-2-3-7-21(20)15-22/h2-16H,17H2,1H3,(H,29,30)/b28-16-. The molecule has 32 heavy (non-hydrogen) atoms. The summed E-state index contributed by atoms with van der Waals surface area (Å²) in [6, 6.07) is 26.3. The Hall–Kier alpha value is -3.83. The number of hydrogen-bond donors (Lipinski definition) is 1. The van der Waals surface area contributed by atoms with E-state index in [1.807, 2.05) is 66.7 Å². The molecule has 0 aliphatic rings. The van der Waals surface area contributed by atoms with Gasteiger partial charge in [-0.05, 0) is 64.4 Å². The molecule has 5 nitrogen and oxygen atoms in total. The van der Waals surface area contributed by atoms with Crippen LogP contribution in [-0.4, -0.2) is 19.2 Å². The van der Waals surface area contributed by atoms with Crippen molar-refractivity contribution >= 4 is 34.5 Å². The van der Waals surface area contributed by atoms with E-state index in [1.54, 1.807) is 31.5 Å². The highest BCUT2D eigenvalue weighted by Gasteiger charge is 2.07. The molecular weight excluding hydrogens is 424 g/mol. The fourth-order valence-electron chi connectivity index (χ4n) is 3.23. The molecule has 0 saturated carbocycles. The zero-order chi connectivity index (χ0) is 22.3. The van der Waals surface area contributed by atoms with Gasteiger partial charge >= 0.3 is 0 Å². The Labute approximate surface area is 191 Å². The minimum absolute atomic E-state index is 0.277. The normalized spacial score (nSPS) is 10.9. The predicted octanol–water partition coefficient (Wildman–Crippen LogP) is 5.84. The van der Waals surface area contributed by atoms with Gasteiger partial charge in [-0.3, -0.25) is 4.79 Å². The Balaban J connectivity index is 1.40. The van der Waals surface area contributed by atoms with Crippen molar-refractivity contribution in [3.8, 4) is 11.5 Å². The molecule has 0 spiro atoms. The van der Waals surface area contributed by atoms with Crippen molar-refractivity contribution in [1.29, 1.82) is 0 Å². The first-order valence-electron chi connectivity index (χ1n) is 10.00. The number of ether oxygens (including phenoxy) is 2. The van der Waals surface area contributed by atoms with Gasteiger partial charge in [-0.2, -0.15) is 5.10 Å². The van der Waals surface area contributed by atoms with Crippen LogP contribution in [-0.2, 0) is 6.61 Å². The van der Waals surface area contributed by atoms with Crippen molar-refractivity contribution in [2.24, 2.45) is 5.10 Å².